The summed E-state index contributed by atoms with van der Waals surface area (Å²) in [4.78, 5) is 0. The van der Waals surface area contributed by atoms with Crippen LogP contribution in [0.25, 0.3) is 0 Å². The van der Waals surface area contributed by atoms with Crippen LogP contribution in [0.5, 0.6) is 0 Å². The number of rotatable bonds is 5. The van der Waals surface area contributed by atoms with Crippen molar-refractivity contribution in [1.82, 2.24) is 0 Å². The molecule has 2 unspecified atom stereocenters. The van der Waals surface area contributed by atoms with Crippen molar-refractivity contribution in [3.63, 3.8) is 0 Å². The number of aliphatic hydroxyl groups is 3. The third kappa shape index (κ3) is 3.19. The number of benzene rings is 1. The molecule has 0 aliphatic heterocycles. The molecule has 0 aliphatic carbocycles. The molecule has 2 atom stereocenters. The lowest BCUT2D eigenvalue weighted by molar-refractivity contribution is 0.0169. The molecule has 1 aromatic carbocycles. The summed E-state index contributed by atoms with van der Waals surface area (Å²) in [5.74, 6) is 0.311. The summed E-state index contributed by atoms with van der Waals surface area (Å²) in [7, 11) is 0. The Bertz CT molecular complexity index is 341. The van der Waals surface area contributed by atoms with Crippen LogP contribution >= 0.6 is 11.6 Å². The van der Waals surface area contributed by atoms with Crippen molar-refractivity contribution in [3.8, 4) is 0 Å². The highest BCUT2D eigenvalue weighted by atomic mass is 35.5. The summed E-state index contributed by atoms with van der Waals surface area (Å²) >= 11 is 5.50. The van der Waals surface area contributed by atoms with Gasteiger partial charge in [0.15, 0.2) is 0 Å². The fourth-order valence-corrected chi connectivity index (χ4v) is 1.80. The van der Waals surface area contributed by atoms with Gasteiger partial charge < -0.3 is 15.3 Å². The quantitative estimate of drug-likeness (QED) is 0.688. The van der Waals surface area contributed by atoms with Gasteiger partial charge >= 0.3 is 0 Å². The first-order chi connectivity index (χ1) is 7.60. The molecule has 0 aromatic heterocycles. The fraction of sp³-hybridized carbons (Fsp3) is 0.500. The zero-order valence-corrected chi connectivity index (χ0v) is 9.98. The van der Waals surface area contributed by atoms with E-state index in [1.807, 2.05) is 6.92 Å². The van der Waals surface area contributed by atoms with E-state index < -0.39 is 12.2 Å². The zero-order valence-electron chi connectivity index (χ0n) is 9.23. The van der Waals surface area contributed by atoms with Crippen molar-refractivity contribution in [2.75, 3.05) is 5.88 Å². The van der Waals surface area contributed by atoms with Crippen LogP contribution in [0.4, 0.5) is 0 Å². The van der Waals surface area contributed by atoms with E-state index in [-0.39, 0.29) is 6.61 Å². The van der Waals surface area contributed by atoms with Crippen LogP contribution < -0.4 is 0 Å². The van der Waals surface area contributed by atoms with Gasteiger partial charge in [0.05, 0.1) is 12.7 Å². The van der Waals surface area contributed by atoms with Crippen LogP contribution in [0.1, 0.15) is 29.2 Å². The lowest BCUT2D eigenvalue weighted by Gasteiger charge is -2.18. The molecular formula is C12H17ClO3. The van der Waals surface area contributed by atoms with Crippen LogP contribution in [0, 0.1) is 6.92 Å². The highest BCUT2D eigenvalue weighted by Gasteiger charge is 2.18. The Kier molecular flexibility index (Phi) is 5.22. The third-order valence-corrected chi connectivity index (χ3v) is 2.87. The van der Waals surface area contributed by atoms with Crippen LogP contribution in [0.15, 0.2) is 18.2 Å². The zero-order chi connectivity index (χ0) is 12.1. The molecule has 0 fully saturated rings. The van der Waals surface area contributed by atoms with Crippen molar-refractivity contribution >= 4 is 11.6 Å². The molecule has 1 rings (SSSR count). The lowest BCUT2D eigenvalue weighted by atomic mass is 9.98. The van der Waals surface area contributed by atoms with Gasteiger partial charge in [-0.15, -0.1) is 11.6 Å². The molecule has 0 spiro atoms. The van der Waals surface area contributed by atoms with E-state index in [0.29, 0.717) is 17.9 Å². The normalized spacial score (nSPS) is 14.8. The van der Waals surface area contributed by atoms with E-state index in [9.17, 15) is 10.2 Å². The number of aryl methyl sites for hydroxylation is 1. The Morgan fingerprint density at radius 1 is 1.31 bits per heavy atom. The van der Waals surface area contributed by atoms with Gasteiger partial charge in [0.2, 0.25) is 0 Å². The average molecular weight is 245 g/mol. The highest BCUT2D eigenvalue weighted by molar-refractivity contribution is 6.17. The summed E-state index contributed by atoms with van der Waals surface area (Å²) in [6, 6.07) is 5.23. The van der Waals surface area contributed by atoms with Gasteiger partial charge in [-0.3, -0.25) is 0 Å². The minimum atomic E-state index is -0.926. The molecular weight excluding hydrogens is 228 g/mol. The molecule has 0 saturated heterocycles. The number of halogens is 1. The van der Waals surface area contributed by atoms with Crippen LogP contribution in [-0.2, 0) is 6.61 Å². The summed E-state index contributed by atoms with van der Waals surface area (Å²) in [5, 5.41) is 28.5. The van der Waals surface area contributed by atoms with Crippen LogP contribution in [-0.4, -0.2) is 27.3 Å². The van der Waals surface area contributed by atoms with Gasteiger partial charge in [0.25, 0.3) is 0 Å². The third-order valence-electron chi connectivity index (χ3n) is 2.65. The molecule has 0 aliphatic rings. The van der Waals surface area contributed by atoms with Crippen LogP contribution in [0.2, 0.25) is 0 Å². The first-order valence-corrected chi connectivity index (χ1v) is 5.76. The van der Waals surface area contributed by atoms with Gasteiger partial charge in [-0.25, -0.2) is 0 Å². The number of aliphatic hydroxyl groups excluding tert-OH is 3. The monoisotopic (exact) mass is 244 g/mol. The number of hydrogen-bond acceptors (Lipinski definition) is 3. The smallest absolute Gasteiger partial charge is 0.105 e. The molecule has 0 saturated carbocycles. The van der Waals surface area contributed by atoms with Gasteiger partial charge in [0.1, 0.15) is 6.10 Å². The maximum absolute atomic E-state index is 9.84. The second kappa shape index (κ2) is 6.21. The van der Waals surface area contributed by atoms with Crippen molar-refractivity contribution in [1.29, 1.82) is 0 Å². The van der Waals surface area contributed by atoms with E-state index in [1.165, 1.54) is 0 Å². The minimum absolute atomic E-state index is 0.0214. The van der Waals surface area contributed by atoms with Crippen molar-refractivity contribution in [3.05, 3.63) is 34.9 Å². The van der Waals surface area contributed by atoms with Gasteiger partial charge in [-0.1, -0.05) is 18.2 Å². The Morgan fingerprint density at radius 3 is 2.50 bits per heavy atom. The predicted molar refractivity (Wildman–Crippen MR) is 63.4 cm³/mol. The molecule has 4 heteroatoms. The molecule has 0 amide bonds. The van der Waals surface area contributed by atoms with E-state index in [1.54, 1.807) is 18.2 Å². The molecule has 0 bridgehead atoms. The predicted octanol–water partition coefficient (Wildman–Crippen LogP) is 1.51. The van der Waals surface area contributed by atoms with Crippen LogP contribution in [0.3, 0.4) is 0 Å². The number of hydrogen-bond donors (Lipinski definition) is 3. The second-order valence-electron chi connectivity index (χ2n) is 3.83. The maximum atomic E-state index is 9.84. The van der Waals surface area contributed by atoms with Crippen molar-refractivity contribution in [2.45, 2.75) is 32.2 Å². The Morgan fingerprint density at radius 2 is 2.00 bits per heavy atom. The molecule has 0 radical (unpaired) electrons. The topological polar surface area (TPSA) is 60.7 Å². The molecule has 3 nitrogen and oxygen atoms in total. The highest BCUT2D eigenvalue weighted by Crippen LogP contribution is 2.22. The van der Waals surface area contributed by atoms with Crippen molar-refractivity contribution in [2.24, 2.45) is 0 Å². The van der Waals surface area contributed by atoms with Crippen molar-refractivity contribution < 1.29 is 15.3 Å². The Hall–Kier alpha value is -0.610. The van der Waals surface area contributed by atoms with E-state index in [4.69, 9.17) is 16.7 Å². The summed E-state index contributed by atoms with van der Waals surface area (Å²) in [5.41, 5.74) is 2.37. The largest absolute Gasteiger partial charge is 0.392 e. The Balaban J connectivity index is 2.84. The summed E-state index contributed by atoms with van der Waals surface area (Å²) in [6.45, 7) is 1.84. The molecule has 90 valence electrons. The maximum Gasteiger partial charge on any atom is 0.105 e. The SMILES string of the molecule is Cc1cc(C(O)C(O)CCCl)ccc1CO. The second-order valence-corrected chi connectivity index (χ2v) is 4.21. The average Bonchev–Trinajstić information content (AvgIpc) is 2.28. The molecule has 0 heterocycles. The lowest BCUT2D eigenvalue weighted by Crippen LogP contribution is -2.18. The summed E-state index contributed by atoms with van der Waals surface area (Å²) < 4.78 is 0. The number of alkyl halides is 1. The van der Waals surface area contributed by atoms with Gasteiger partial charge in [-0.2, -0.15) is 0 Å². The standard InChI is InChI=1S/C12H17ClO3/c1-8-6-9(2-3-10(8)7-14)12(16)11(15)4-5-13/h2-3,6,11-12,14-16H,4-5,7H2,1H3. The van der Waals surface area contributed by atoms with E-state index in [2.05, 4.69) is 0 Å². The Labute approximate surface area is 100 Å². The first kappa shape index (κ1) is 13.5. The van der Waals surface area contributed by atoms with Gasteiger partial charge in [0, 0.05) is 5.88 Å². The van der Waals surface area contributed by atoms with E-state index >= 15 is 0 Å². The van der Waals surface area contributed by atoms with Gasteiger partial charge in [-0.05, 0) is 30.0 Å². The molecule has 16 heavy (non-hydrogen) atoms. The van der Waals surface area contributed by atoms with E-state index in [0.717, 1.165) is 11.1 Å². The molecule has 1 aromatic rings. The molecule has 3 N–H and O–H groups in total. The first-order valence-electron chi connectivity index (χ1n) is 5.22. The minimum Gasteiger partial charge on any atom is -0.392 e. The summed E-state index contributed by atoms with van der Waals surface area (Å²) in [6.07, 6.45) is -1.43. The fourth-order valence-electron chi connectivity index (χ4n) is 1.57.